The molecule has 0 aliphatic rings. The summed E-state index contributed by atoms with van der Waals surface area (Å²) in [5.41, 5.74) is 4.16. The summed E-state index contributed by atoms with van der Waals surface area (Å²) in [6, 6.07) is 14.1. The summed E-state index contributed by atoms with van der Waals surface area (Å²) in [7, 11) is 0.602. The zero-order valence-electron chi connectivity index (χ0n) is 21.0. The number of hydrogen-bond acceptors (Lipinski definition) is 5. The maximum atomic E-state index is 12.5. The Labute approximate surface area is 207 Å². The second-order valence-electron chi connectivity index (χ2n) is 8.32. The van der Waals surface area contributed by atoms with E-state index in [4.69, 9.17) is 14.3 Å². The molecule has 186 valence electrons. The van der Waals surface area contributed by atoms with Gasteiger partial charge in [0.25, 0.3) is 0 Å². The highest BCUT2D eigenvalue weighted by atomic mass is 32.2. The minimum atomic E-state index is -0.932. The van der Waals surface area contributed by atoms with Gasteiger partial charge in [-0.1, -0.05) is 60.5 Å². The highest BCUT2D eigenvalue weighted by molar-refractivity contribution is 7.85. The minimum absolute atomic E-state index is 0.457. The summed E-state index contributed by atoms with van der Waals surface area (Å²) in [6.45, 7) is 7.36. The van der Waals surface area contributed by atoms with E-state index in [0.717, 1.165) is 59.6 Å². The third-order valence-electron chi connectivity index (χ3n) is 5.33. The molecular formula is C28H39NO4S. The Kier molecular flexibility index (Phi) is 13.1. The van der Waals surface area contributed by atoms with Crippen molar-refractivity contribution in [1.29, 1.82) is 0 Å². The number of ether oxygens (including phenoxy) is 2. The van der Waals surface area contributed by atoms with Crippen LogP contribution in [0.3, 0.4) is 0 Å². The van der Waals surface area contributed by atoms with E-state index in [1.807, 2.05) is 61.5 Å². The van der Waals surface area contributed by atoms with Crippen LogP contribution in [0.4, 0.5) is 0 Å². The van der Waals surface area contributed by atoms with Crippen molar-refractivity contribution in [2.75, 3.05) is 31.8 Å². The molecule has 6 heteroatoms. The van der Waals surface area contributed by atoms with Crippen LogP contribution >= 0.6 is 0 Å². The third kappa shape index (κ3) is 10.6. The van der Waals surface area contributed by atoms with E-state index in [1.165, 1.54) is 7.11 Å². The molecule has 0 fully saturated rings. The molecular weight excluding hydrogens is 446 g/mol. The first-order valence-corrected chi connectivity index (χ1v) is 13.5. The van der Waals surface area contributed by atoms with Gasteiger partial charge in [-0.15, -0.1) is 0 Å². The molecule has 0 aliphatic carbocycles. The monoisotopic (exact) mass is 485 g/mol. The van der Waals surface area contributed by atoms with Crippen LogP contribution in [-0.4, -0.2) is 41.7 Å². The zero-order valence-corrected chi connectivity index (χ0v) is 21.9. The minimum Gasteiger partial charge on any atom is -0.493 e. The van der Waals surface area contributed by atoms with Crippen LogP contribution in [0.2, 0.25) is 0 Å². The Morgan fingerprint density at radius 3 is 2.38 bits per heavy atom. The van der Waals surface area contributed by atoms with Gasteiger partial charge < -0.3 is 14.3 Å². The molecule has 0 radical (unpaired) electrons. The zero-order chi connectivity index (χ0) is 24.6. The third-order valence-corrected chi connectivity index (χ3v) is 6.73. The van der Waals surface area contributed by atoms with Crippen LogP contribution in [0, 0.1) is 13.8 Å². The van der Waals surface area contributed by atoms with Crippen molar-refractivity contribution in [3.63, 3.8) is 0 Å². The van der Waals surface area contributed by atoms with Gasteiger partial charge >= 0.3 is 0 Å². The quantitative estimate of drug-likeness (QED) is 0.123. The predicted octanol–water partition coefficient (Wildman–Crippen LogP) is 6.19. The first kappa shape index (κ1) is 27.6. The number of allylic oxidation sites excluding steroid dienone is 1. The lowest BCUT2D eigenvalue weighted by Gasteiger charge is -2.14. The Balaban J connectivity index is 1.64. The van der Waals surface area contributed by atoms with Gasteiger partial charge in [-0.25, -0.2) is 0 Å². The molecule has 0 saturated carbocycles. The van der Waals surface area contributed by atoms with Crippen LogP contribution in [0.1, 0.15) is 49.3 Å². The highest BCUT2D eigenvalue weighted by Gasteiger charge is 2.09. The van der Waals surface area contributed by atoms with Gasteiger partial charge in [-0.05, 0) is 62.4 Å². The molecule has 0 aliphatic heterocycles. The Bertz CT molecular complexity index is 918. The Morgan fingerprint density at radius 1 is 1.00 bits per heavy atom. The summed E-state index contributed by atoms with van der Waals surface area (Å²) >= 11 is 0. The first-order chi connectivity index (χ1) is 16.5. The Hall–Kier alpha value is -2.60. The number of rotatable bonds is 16. The lowest BCUT2D eigenvalue weighted by atomic mass is 10.1. The normalized spacial score (nSPS) is 12.6. The second kappa shape index (κ2) is 16.1. The van der Waals surface area contributed by atoms with Gasteiger partial charge in [0.05, 0.1) is 18.1 Å². The van der Waals surface area contributed by atoms with Gasteiger partial charge in [0.1, 0.15) is 25.2 Å². The van der Waals surface area contributed by atoms with E-state index in [-0.39, 0.29) is 0 Å². The maximum Gasteiger partial charge on any atom is 0.125 e. The number of unbranched alkanes of at least 4 members (excludes halogenated alkanes) is 3. The largest absolute Gasteiger partial charge is 0.493 e. The van der Waals surface area contributed by atoms with Gasteiger partial charge in [0, 0.05) is 23.0 Å². The van der Waals surface area contributed by atoms with Crippen molar-refractivity contribution >= 4 is 16.5 Å². The van der Waals surface area contributed by atoms with Gasteiger partial charge in [0.15, 0.2) is 0 Å². The van der Waals surface area contributed by atoms with Crippen LogP contribution in [-0.2, 0) is 22.1 Å². The van der Waals surface area contributed by atoms with Crippen LogP contribution in [0.15, 0.2) is 59.8 Å². The average molecular weight is 486 g/mol. The lowest BCUT2D eigenvalue weighted by molar-refractivity contribution is 0.212. The molecule has 2 rings (SSSR count). The molecule has 1 unspecified atom stereocenters. The number of oxime groups is 1. The number of aryl methyl sites for hydroxylation is 2. The molecule has 0 aromatic heterocycles. The summed E-state index contributed by atoms with van der Waals surface area (Å²) in [6.07, 6.45) is 8.65. The van der Waals surface area contributed by atoms with E-state index in [9.17, 15) is 4.21 Å². The highest BCUT2D eigenvalue weighted by Crippen LogP contribution is 2.28. The summed E-state index contributed by atoms with van der Waals surface area (Å²) < 4.78 is 24.3. The van der Waals surface area contributed by atoms with Crippen LogP contribution in [0.5, 0.6) is 11.5 Å². The molecule has 2 aromatic carbocycles. The molecule has 0 N–H and O–H groups in total. The standard InChI is InChI=1S/C28H39NO4S/c1-5-6-16-32-27-19-23(2)28(24(3)20-27)33-17-12-7-8-13-18-34(30)22-26(29-31-4)21-25-14-10-9-11-15-25/h5-6,9-11,14-15,19-20H,7-8,12-13,16-18,21-22H2,1-4H3/b6-5+,29-26+. The summed E-state index contributed by atoms with van der Waals surface area (Å²) in [5.74, 6) is 2.96. The number of hydrogen-bond donors (Lipinski definition) is 0. The molecule has 5 nitrogen and oxygen atoms in total. The smallest absolute Gasteiger partial charge is 0.125 e. The van der Waals surface area contributed by atoms with E-state index in [0.29, 0.717) is 31.1 Å². The Morgan fingerprint density at radius 2 is 1.71 bits per heavy atom. The molecule has 0 saturated heterocycles. The molecule has 0 heterocycles. The van der Waals surface area contributed by atoms with E-state index in [1.54, 1.807) is 0 Å². The van der Waals surface area contributed by atoms with Crippen molar-refractivity contribution in [3.8, 4) is 11.5 Å². The number of nitrogens with zero attached hydrogens (tertiary/aromatic N) is 1. The number of benzene rings is 2. The van der Waals surface area contributed by atoms with Crippen LogP contribution in [0.25, 0.3) is 0 Å². The van der Waals surface area contributed by atoms with Crippen molar-refractivity contribution in [1.82, 2.24) is 0 Å². The van der Waals surface area contributed by atoms with Gasteiger partial charge in [-0.3, -0.25) is 4.21 Å². The predicted molar refractivity (Wildman–Crippen MR) is 143 cm³/mol. The molecule has 2 aromatic rings. The van der Waals surface area contributed by atoms with Gasteiger partial charge in [-0.2, -0.15) is 0 Å². The summed E-state index contributed by atoms with van der Waals surface area (Å²) in [5, 5.41) is 4.09. The molecule has 34 heavy (non-hydrogen) atoms. The molecule has 0 spiro atoms. The van der Waals surface area contributed by atoms with Crippen LogP contribution < -0.4 is 9.47 Å². The molecule has 1 atom stereocenters. The average Bonchev–Trinajstić information content (AvgIpc) is 2.81. The summed E-state index contributed by atoms with van der Waals surface area (Å²) in [4.78, 5) is 4.96. The lowest BCUT2D eigenvalue weighted by Crippen LogP contribution is -2.16. The molecule has 0 amide bonds. The van der Waals surface area contributed by atoms with Crippen molar-refractivity contribution < 1.29 is 18.5 Å². The van der Waals surface area contributed by atoms with Crippen molar-refractivity contribution in [2.45, 2.75) is 52.9 Å². The maximum absolute atomic E-state index is 12.5. The molecule has 0 bridgehead atoms. The fourth-order valence-electron chi connectivity index (χ4n) is 3.68. The van der Waals surface area contributed by atoms with E-state index in [2.05, 4.69) is 19.0 Å². The first-order valence-electron chi connectivity index (χ1n) is 12.0. The van der Waals surface area contributed by atoms with Crippen molar-refractivity contribution in [2.24, 2.45) is 5.16 Å². The van der Waals surface area contributed by atoms with E-state index < -0.39 is 10.8 Å². The fraction of sp³-hybridized carbons (Fsp3) is 0.464. The fourth-order valence-corrected chi connectivity index (χ4v) is 4.88. The van der Waals surface area contributed by atoms with Crippen molar-refractivity contribution in [3.05, 3.63) is 71.3 Å². The van der Waals surface area contributed by atoms with E-state index >= 15 is 0 Å². The SMILES string of the molecule is C/C=C/COc1cc(C)c(OCCCCCCS(=O)C/C(Cc2ccccc2)=N/OC)c(C)c1. The second-order valence-corrected chi connectivity index (χ2v) is 9.90. The topological polar surface area (TPSA) is 57.1 Å². The van der Waals surface area contributed by atoms with Gasteiger partial charge in [0.2, 0.25) is 0 Å².